The SMILES string of the molecule is C[C@H]1CN(C(=O)Cc2ccc(C(F)(F)F)cc2)CCN1.Cl. The molecule has 2 rings (SSSR count). The summed E-state index contributed by atoms with van der Waals surface area (Å²) in [6, 6.07) is 5.02. The highest BCUT2D eigenvalue weighted by Gasteiger charge is 2.30. The van der Waals surface area contributed by atoms with Crippen molar-refractivity contribution in [1.29, 1.82) is 0 Å². The Bertz CT molecular complexity index is 476. The topological polar surface area (TPSA) is 32.3 Å². The van der Waals surface area contributed by atoms with Gasteiger partial charge in [-0.2, -0.15) is 13.2 Å². The number of nitrogens with zero attached hydrogens (tertiary/aromatic N) is 1. The third-order valence-electron chi connectivity index (χ3n) is 3.36. The molecule has 1 N–H and O–H groups in total. The van der Waals surface area contributed by atoms with Crippen LogP contribution < -0.4 is 5.32 Å². The minimum Gasteiger partial charge on any atom is -0.340 e. The molecule has 3 nitrogen and oxygen atoms in total. The van der Waals surface area contributed by atoms with Crippen LogP contribution in [0.5, 0.6) is 0 Å². The summed E-state index contributed by atoms with van der Waals surface area (Å²) in [6.45, 7) is 4.03. The van der Waals surface area contributed by atoms with Crippen molar-refractivity contribution in [2.45, 2.75) is 25.6 Å². The van der Waals surface area contributed by atoms with Gasteiger partial charge in [0.05, 0.1) is 12.0 Å². The summed E-state index contributed by atoms with van der Waals surface area (Å²) >= 11 is 0. The molecular formula is C14H18ClF3N2O. The van der Waals surface area contributed by atoms with Crippen molar-refractivity contribution in [2.24, 2.45) is 0 Å². The zero-order valence-corrected chi connectivity index (χ0v) is 12.4. The van der Waals surface area contributed by atoms with E-state index in [4.69, 9.17) is 0 Å². The van der Waals surface area contributed by atoms with Crippen LogP contribution in [-0.2, 0) is 17.4 Å². The van der Waals surface area contributed by atoms with Crippen LogP contribution in [-0.4, -0.2) is 36.5 Å². The van der Waals surface area contributed by atoms with Gasteiger partial charge in [-0.3, -0.25) is 4.79 Å². The van der Waals surface area contributed by atoms with Crippen molar-refractivity contribution in [1.82, 2.24) is 10.2 Å². The van der Waals surface area contributed by atoms with E-state index in [2.05, 4.69) is 5.32 Å². The average molecular weight is 323 g/mol. The molecule has 0 aliphatic carbocycles. The molecule has 118 valence electrons. The van der Waals surface area contributed by atoms with Gasteiger partial charge in [-0.05, 0) is 24.6 Å². The van der Waals surface area contributed by atoms with E-state index in [1.807, 2.05) is 6.92 Å². The summed E-state index contributed by atoms with van der Waals surface area (Å²) in [6.07, 6.45) is -4.19. The highest BCUT2D eigenvalue weighted by Crippen LogP contribution is 2.29. The number of carbonyl (C=O) groups is 1. The minimum atomic E-state index is -4.34. The number of piperazine rings is 1. The minimum absolute atomic E-state index is 0. The second-order valence-corrected chi connectivity index (χ2v) is 5.07. The van der Waals surface area contributed by atoms with Gasteiger partial charge in [0.2, 0.25) is 5.91 Å². The average Bonchev–Trinajstić information content (AvgIpc) is 2.38. The van der Waals surface area contributed by atoms with Gasteiger partial charge < -0.3 is 10.2 Å². The number of hydrogen-bond donors (Lipinski definition) is 1. The number of benzene rings is 1. The van der Waals surface area contributed by atoms with Crippen LogP contribution in [0.25, 0.3) is 0 Å². The third kappa shape index (κ3) is 4.89. The number of carbonyl (C=O) groups excluding carboxylic acids is 1. The number of rotatable bonds is 2. The Morgan fingerprint density at radius 3 is 2.48 bits per heavy atom. The predicted molar refractivity (Wildman–Crippen MR) is 76.4 cm³/mol. The number of alkyl halides is 3. The van der Waals surface area contributed by atoms with E-state index in [-0.39, 0.29) is 30.8 Å². The molecule has 1 atom stereocenters. The third-order valence-corrected chi connectivity index (χ3v) is 3.36. The van der Waals surface area contributed by atoms with Gasteiger partial charge in [0.1, 0.15) is 0 Å². The van der Waals surface area contributed by atoms with Gasteiger partial charge in [0.15, 0.2) is 0 Å². The Hall–Kier alpha value is -1.27. The van der Waals surface area contributed by atoms with Crippen LogP contribution in [0.4, 0.5) is 13.2 Å². The quantitative estimate of drug-likeness (QED) is 0.907. The van der Waals surface area contributed by atoms with E-state index in [0.717, 1.165) is 18.7 Å². The monoisotopic (exact) mass is 322 g/mol. The number of nitrogens with one attached hydrogen (secondary N) is 1. The van der Waals surface area contributed by atoms with E-state index < -0.39 is 11.7 Å². The first-order valence-electron chi connectivity index (χ1n) is 6.53. The molecule has 0 radical (unpaired) electrons. The summed E-state index contributed by atoms with van der Waals surface area (Å²) in [5.41, 5.74) is -0.0846. The Labute approximate surface area is 127 Å². The van der Waals surface area contributed by atoms with Crippen LogP contribution in [0, 0.1) is 0 Å². The maximum absolute atomic E-state index is 12.4. The molecule has 1 fully saturated rings. The number of halogens is 4. The van der Waals surface area contributed by atoms with E-state index in [9.17, 15) is 18.0 Å². The maximum atomic E-state index is 12.4. The first-order chi connectivity index (χ1) is 9.36. The van der Waals surface area contributed by atoms with Gasteiger partial charge in [0, 0.05) is 25.7 Å². The van der Waals surface area contributed by atoms with Crippen LogP contribution >= 0.6 is 12.4 Å². The van der Waals surface area contributed by atoms with E-state index in [1.165, 1.54) is 12.1 Å². The smallest absolute Gasteiger partial charge is 0.340 e. The summed E-state index contributed by atoms with van der Waals surface area (Å²) in [7, 11) is 0. The van der Waals surface area contributed by atoms with Gasteiger partial charge in [0.25, 0.3) is 0 Å². The van der Waals surface area contributed by atoms with Gasteiger partial charge >= 0.3 is 6.18 Å². The Morgan fingerprint density at radius 1 is 1.33 bits per heavy atom. The lowest BCUT2D eigenvalue weighted by molar-refractivity contribution is -0.137. The van der Waals surface area contributed by atoms with Crippen LogP contribution in [0.1, 0.15) is 18.1 Å². The maximum Gasteiger partial charge on any atom is 0.416 e. The fourth-order valence-corrected chi connectivity index (χ4v) is 2.26. The van der Waals surface area contributed by atoms with E-state index in [1.54, 1.807) is 4.90 Å². The summed E-state index contributed by atoms with van der Waals surface area (Å²) in [4.78, 5) is 13.8. The predicted octanol–water partition coefficient (Wildman–Crippen LogP) is 2.49. The molecule has 1 aliphatic rings. The molecule has 0 unspecified atom stereocenters. The molecule has 1 heterocycles. The molecule has 21 heavy (non-hydrogen) atoms. The van der Waals surface area contributed by atoms with Crippen molar-refractivity contribution in [3.05, 3.63) is 35.4 Å². The van der Waals surface area contributed by atoms with Crippen LogP contribution in [0.2, 0.25) is 0 Å². The van der Waals surface area contributed by atoms with Crippen molar-refractivity contribution in [3.63, 3.8) is 0 Å². The molecule has 1 aromatic carbocycles. The summed E-state index contributed by atoms with van der Waals surface area (Å²) in [5.74, 6) is -0.0434. The van der Waals surface area contributed by atoms with Crippen molar-refractivity contribution in [3.8, 4) is 0 Å². The number of amides is 1. The van der Waals surface area contributed by atoms with Crippen molar-refractivity contribution in [2.75, 3.05) is 19.6 Å². The highest BCUT2D eigenvalue weighted by molar-refractivity contribution is 5.85. The molecule has 1 saturated heterocycles. The molecule has 1 aromatic rings. The molecule has 7 heteroatoms. The second kappa shape index (κ2) is 7.13. The Balaban J connectivity index is 0.00000220. The molecule has 0 aromatic heterocycles. The summed E-state index contributed by atoms with van der Waals surface area (Å²) in [5, 5.41) is 3.24. The second-order valence-electron chi connectivity index (χ2n) is 5.07. The molecule has 1 aliphatic heterocycles. The zero-order chi connectivity index (χ0) is 14.8. The van der Waals surface area contributed by atoms with Crippen LogP contribution in [0.3, 0.4) is 0 Å². The largest absolute Gasteiger partial charge is 0.416 e. The zero-order valence-electron chi connectivity index (χ0n) is 11.6. The molecule has 0 bridgehead atoms. The summed E-state index contributed by atoms with van der Waals surface area (Å²) < 4.78 is 37.3. The fourth-order valence-electron chi connectivity index (χ4n) is 2.26. The molecule has 0 saturated carbocycles. The van der Waals surface area contributed by atoms with Crippen LogP contribution in [0.15, 0.2) is 24.3 Å². The highest BCUT2D eigenvalue weighted by atomic mass is 35.5. The molecular weight excluding hydrogens is 305 g/mol. The van der Waals surface area contributed by atoms with Gasteiger partial charge in [-0.15, -0.1) is 12.4 Å². The fraction of sp³-hybridized carbons (Fsp3) is 0.500. The van der Waals surface area contributed by atoms with E-state index in [0.29, 0.717) is 18.7 Å². The van der Waals surface area contributed by atoms with Gasteiger partial charge in [-0.1, -0.05) is 12.1 Å². The van der Waals surface area contributed by atoms with Crippen molar-refractivity contribution >= 4 is 18.3 Å². The van der Waals surface area contributed by atoms with E-state index >= 15 is 0 Å². The van der Waals surface area contributed by atoms with Gasteiger partial charge in [-0.25, -0.2) is 0 Å². The number of hydrogen-bond acceptors (Lipinski definition) is 2. The Kier molecular flexibility index (Phi) is 6.04. The normalized spacial score (nSPS) is 19.0. The first kappa shape index (κ1) is 17.8. The first-order valence-corrected chi connectivity index (χ1v) is 6.53. The lowest BCUT2D eigenvalue weighted by atomic mass is 10.1. The standard InChI is InChI=1S/C14H17F3N2O.ClH/c1-10-9-19(7-6-18-10)13(20)8-11-2-4-12(5-3-11)14(15,16)17;/h2-5,10,18H,6-9H2,1H3;1H/t10-;/m0./s1. The lowest BCUT2D eigenvalue weighted by Crippen LogP contribution is -2.51. The lowest BCUT2D eigenvalue weighted by Gasteiger charge is -2.32. The Morgan fingerprint density at radius 2 is 1.95 bits per heavy atom. The molecule has 0 spiro atoms. The van der Waals surface area contributed by atoms with Crippen molar-refractivity contribution < 1.29 is 18.0 Å². The molecule has 1 amide bonds.